The summed E-state index contributed by atoms with van der Waals surface area (Å²) in [5, 5.41) is 13.5. The number of unbranched alkanes of at least 4 members (excludes halogenated alkanes) is 2. The number of hydrogen-bond acceptors (Lipinski definition) is 4. The summed E-state index contributed by atoms with van der Waals surface area (Å²) in [6.45, 7) is 8.23. The zero-order valence-corrected chi connectivity index (χ0v) is 16.9. The Hall–Kier alpha value is -2.10. The highest BCUT2D eigenvalue weighted by molar-refractivity contribution is 6.50. The van der Waals surface area contributed by atoms with E-state index in [1.807, 2.05) is 13.0 Å². The highest BCUT2D eigenvalue weighted by Crippen LogP contribution is 2.28. The smallest absolute Gasteiger partial charge is 0.233 e. The van der Waals surface area contributed by atoms with E-state index in [1.165, 1.54) is 5.57 Å². The van der Waals surface area contributed by atoms with E-state index in [2.05, 4.69) is 32.2 Å². The van der Waals surface area contributed by atoms with Crippen molar-refractivity contribution in [3.05, 3.63) is 45.9 Å². The van der Waals surface area contributed by atoms with Gasteiger partial charge in [0.1, 0.15) is 5.76 Å². The van der Waals surface area contributed by atoms with Gasteiger partial charge in [0.15, 0.2) is 0 Å². The molecule has 0 radical (unpaired) electrons. The molecule has 26 heavy (non-hydrogen) atoms. The lowest BCUT2D eigenvalue weighted by Gasteiger charge is -2.21. The summed E-state index contributed by atoms with van der Waals surface area (Å²) in [4.78, 5) is 25.0. The Morgan fingerprint density at radius 3 is 2.27 bits per heavy atom. The molecule has 0 aromatic carbocycles. The summed E-state index contributed by atoms with van der Waals surface area (Å²) >= 11 is 0. The van der Waals surface area contributed by atoms with Gasteiger partial charge in [-0.1, -0.05) is 43.1 Å². The van der Waals surface area contributed by atoms with Crippen molar-refractivity contribution in [2.75, 3.05) is 7.05 Å². The van der Waals surface area contributed by atoms with Gasteiger partial charge in [0.25, 0.3) is 0 Å². The SMILES string of the molecule is CCCCCC1=C(NC)C(O)=C(CC=C(C)CCC=C(C)C)C(=O)C1=O. The number of Topliss-reactive ketones (excluding diaryl/α,β-unsaturated/α-hetero) is 2. The van der Waals surface area contributed by atoms with E-state index in [9.17, 15) is 14.7 Å². The van der Waals surface area contributed by atoms with Gasteiger partial charge in [0, 0.05) is 12.6 Å². The summed E-state index contributed by atoms with van der Waals surface area (Å²) in [6, 6.07) is 0. The van der Waals surface area contributed by atoms with Crippen LogP contribution in [0, 0.1) is 0 Å². The highest BCUT2D eigenvalue weighted by Gasteiger charge is 2.33. The van der Waals surface area contributed by atoms with Crippen molar-refractivity contribution in [3.8, 4) is 0 Å². The number of likely N-dealkylation sites (N-methyl/N-ethyl adjacent to an activating group) is 1. The van der Waals surface area contributed by atoms with E-state index < -0.39 is 11.6 Å². The number of rotatable bonds is 10. The van der Waals surface area contributed by atoms with Gasteiger partial charge in [0.05, 0.1) is 11.3 Å². The molecular formula is C22H33NO3. The molecule has 0 unspecified atom stereocenters. The number of nitrogens with one attached hydrogen (secondary N) is 1. The van der Waals surface area contributed by atoms with Crippen LogP contribution in [0.4, 0.5) is 0 Å². The van der Waals surface area contributed by atoms with Crippen molar-refractivity contribution in [1.82, 2.24) is 5.32 Å². The minimum Gasteiger partial charge on any atom is -0.505 e. The molecule has 4 heteroatoms. The molecule has 0 aliphatic heterocycles. The van der Waals surface area contributed by atoms with Crippen molar-refractivity contribution in [2.45, 2.75) is 72.6 Å². The number of allylic oxidation sites excluding steroid dienone is 6. The van der Waals surface area contributed by atoms with E-state index >= 15 is 0 Å². The third kappa shape index (κ3) is 6.01. The number of hydrogen-bond donors (Lipinski definition) is 2. The van der Waals surface area contributed by atoms with Crippen LogP contribution in [0.1, 0.15) is 72.6 Å². The number of aliphatic hydroxyl groups excluding tert-OH is 1. The summed E-state index contributed by atoms with van der Waals surface area (Å²) in [6.07, 6.45) is 9.62. The van der Waals surface area contributed by atoms with Crippen molar-refractivity contribution in [3.63, 3.8) is 0 Å². The van der Waals surface area contributed by atoms with Gasteiger partial charge in [-0.15, -0.1) is 0 Å². The quantitative estimate of drug-likeness (QED) is 0.247. The van der Waals surface area contributed by atoms with Crippen LogP contribution in [-0.2, 0) is 9.59 Å². The minimum absolute atomic E-state index is 0.0723. The van der Waals surface area contributed by atoms with Crippen LogP contribution >= 0.6 is 0 Å². The van der Waals surface area contributed by atoms with Crippen LogP contribution < -0.4 is 5.32 Å². The van der Waals surface area contributed by atoms with Crippen molar-refractivity contribution in [1.29, 1.82) is 0 Å². The molecule has 144 valence electrons. The zero-order chi connectivity index (χ0) is 19.7. The molecule has 0 bridgehead atoms. The lowest BCUT2D eigenvalue weighted by molar-refractivity contribution is -0.132. The highest BCUT2D eigenvalue weighted by atomic mass is 16.3. The molecule has 0 aromatic rings. The van der Waals surface area contributed by atoms with Crippen LogP contribution in [0.25, 0.3) is 0 Å². The van der Waals surface area contributed by atoms with Crippen molar-refractivity contribution < 1.29 is 14.7 Å². The van der Waals surface area contributed by atoms with Gasteiger partial charge in [-0.05, 0) is 52.9 Å². The van der Waals surface area contributed by atoms with Gasteiger partial charge in [-0.25, -0.2) is 0 Å². The fourth-order valence-electron chi connectivity index (χ4n) is 3.00. The van der Waals surface area contributed by atoms with Crippen LogP contribution in [0.5, 0.6) is 0 Å². The first-order valence-corrected chi connectivity index (χ1v) is 9.54. The topological polar surface area (TPSA) is 66.4 Å². The van der Waals surface area contributed by atoms with E-state index in [-0.39, 0.29) is 17.8 Å². The Balaban J connectivity index is 2.99. The summed E-state index contributed by atoms with van der Waals surface area (Å²) < 4.78 is 0. The molecule has 0 fully saturated rings. The molecule has 0 heterocycles. The van der Waals surface area contributed by atoms with E-state index in [1.54, 1.807) is 7.05 Å². The first kappa shape index (κ1) is 21.9. The molecule has 1 rings (SSSR count). The van der Waals surface area contributed by atoms with Gasteiger partial charge in [-0.3, -0.25) is 9.59 Å². The lowest BCUT2D eigenvalue weighted by atomic mass is 9.87. The molecule has 4 nitrogen and oxygen atoms in total. The Kier molecular flexibility index (Phi) is 9.11. The molecule has 0 spiro atoms. The third-order valence-electron chi connectivity index (χ3n) is 4.61. The molecule has 0 saturated carbocycles. The van der Waals surface area contributed by atoms with Gasteiger partial charge >= 0.3 is 0 Å². The Morgan fingerprint density at radius 2 is 1.69 bits per heavy atom. The first-order chi connectivity index (χ1) is 12.3. The molecule has 0 amide bonds. The maximum absolute atomic E-state index is 12.5. The Bertz CT molecular complexity index is 659. The fraction of sp³-hybridized carbons (Fsp3) is 0.545. The predicted molar refractivity (Wildman–Crippen MR) is 107 cm³/mol. The van der Waals surface area contributed by atoms with Crippen molar-refractivity contribution in [2.24, 2.45) is 0 Å². The maximum Gasteiger partial charge on any atom is 0.233 e. The second-order valence-corrected chi connectivity index (χ2v) is 7.12. The fourth-order valence-corrected chi connectivity index (χ4v) is 3.00. The second kappa shape index (κ2) is 10.8. The number of aliphatic hydroxyl groups is 1. The standard InChI is InChI=1S/C22H33NO3/c1-6-7-8-12-17-19(23-5)20(24)18(22(26)21(17)25)14-13-16(4)11-9-10-15(2)3/h10,13,23-24H,6-9,11-12,14H2,1-5H3. The predicted octanol–water partition coefficient (Wildman–Crippen LogP) is 5.09. The lowest BCUT2D eigenvalue weighted by Crippen LogP contribution is -2.30. The first-order valence-electron chi connectivity index (χ1n) is 9.54. The summed E-state index contributed by atoms with van der Waals surface area (Å²) in [5.41, 5.74) is 3.45. The van der Waals surface area contributed by atoms with Crippen LogP contribution in [0.15, 0.2) is 45.9 Å². The molecule has 1 aliphatic rings. The molecular weight excluding hydrogens is 326 g/mol. The number of ketones is 2. The minimum atomic E-state index is -0.568. The summed E-state index contributed by atoms with van der Waals surface area (Å²) in [5.74, 6) is -1.12. The van der Waals surface area contributed by atoms with E-state index in [0.29, 0.717) is 17.7 Å². The molecule has 0 saturated heterocycles. The van der Waals surface area contributed by atoms with Crippen LogP contribution in [0.2, 0.25) is 0 Å². The Morgan fingerprint density at radius 1 is 1.04 bits per heavy atom. The average molecular weight is 360 g/mol. The largest absolute Gasteiger partial charge is 0.505 e. The molecule has 0 aromatic heterocycles. The summed E-state index contributed by atoms with van der Waals surface area (Å²) in [7, 11) is 1.67. The third-order valence-corrected chi connectivity index (χ3v) is 4.61. The van der Waals surface area contributed by atoms with E-state index in [0.717, 1.165) is 37.7 Å². The van der Waals surface area contributed by atoms with Gasteiger partial charge in [0.2, 0.25) is 11.6 Å². The number of carbonyl (C=O) groups is 2. The molecule has 0 atom stereocenters. The molecule has 1 aliphatic carbocycles. The maximum atomic E-state index is 12.5. The number of carbonyl (C=O) groups excluding carboxylic acids is 2. The van der Waals surface area contributed by atoms with Gasteiger partial charge < -0.3 is 10.4 Å². The van der Waals surface area contributed by atoms with Crippen LogP contribution in [0.3, 0.4) is 0 Å². The Labute approximate surface area is 157 Å². The van der Waals surface area contributed by atoms with Crippen LogP contribution in [-0.4, -0.2) is 23.7 Å². The van der Waals surface area contributed by atoms with Crippen molar-refractivity contribution >= 4 is 11.6 Å². The zero-order valence-electron chi connectivity index (χ0n) is 16.9. The van der Waals surface area contributed by atoms with E-state index in [4.69, 9.17) is 0 Å². The second-order valence-electron chi connectivity index (χ2n) is 7.12. The molecule has 2 N–H and O–H groups in total. The normalized spacial score (nSPS) is 15.7. The average Bonchev–Trinajstić information content (AvgIpc) is 2.59. The monoisotopic (exact) mass is 359 g/mol. The van der Waals surface area contributed by atoms with Gasteiger partial charge in [-0.2, -0.15) is 0 Å².